The molecule has 0 saturated carbocycles. The van der Waals surface area contributed by atoms with Gasteiger partial charge in [-0.05, 0) is 17.5 Å². The van der Waals surface area contributed by atoms with Crippen LogP contribution >= 0.6 is 11.3 Å². The highest BCUT2D eigenvalue weighted by atomic mass is 32.1. The van der Waals surface area contributed by atoms with E-state index in [1.807, 2.05) is 6.07 Å². The molecule has 0 atom stereocenters. The molecule has 23 heavy (non-hydrogen) atoms. The summed E-state index contributed by atoms with van der Waals surface area (Å²) in [5, 5.41) is 15.0. The Labute approximate surface area is 137 Å². The molecule has 1 aliphatic rings. The molecule has 8 heteroatoms. The summed E-state index contributed by atoms with van der Waals surface area (Å²) in [6.45, 7) is 3.87. The average molecular weight is 334 g/mol. The predicted octanol–water partition coefficient (Wildman–Crippen LogP) is 0.987. The molecule has 7 nitrogen and oxygen atoms in total. The molecular weight excluding hydrogens is 316 g/mol. The molecule has 0 aliphatic carbocycles. The lowest BCUT2D eigenvalue weighted by atomic mass is 10.3. The SMILES string of the molecule is O=C(O)c1ccnn1CC(=O)N1CCN(Cc2cccs2)CC1. The number of aromatic carboxylic acids is 1. The van der Waals surface area contributed by atoms with Gasteiger partial charge in [0.1, 0.15) is 12.2 Å². The molecule has 1 amide bonds. The van der Waals surface area contributed by atoms with Gasteiger partial charge in [0.05, 0.1) is 0 Å². The van der Waals surface area contributed by atoms with Gasteiger partial charge >= 0.3 is 5.97 Å². The quantitative estimate of drug-likeness (QED) is 0.882. The molecule has 1 fully saturated rings. The average Bonchev–Trinajstić information content (AvgIpc) is 3.19. The molecule has 3 rings (SSSR count). The minimum absolute atomic E-state index is 0.0282. The van der Waals surface area contributed by atoms with Crippen molar-refractivity contribution in [2.45, 2.75) is 13.1 Å². The Morgan fingerprint density at radius 1 is 1.22 bits per heavy atom. The van der Waals surface area contributed by atoms with E-state index in [1.165, 1.54) is 21.8 Å². The first-order valence-corrected chi connectivity index (χ1v) is 8.29. The van der Waals surface area contributed by atoms with Crippen LogP contribution in [0.15, 0.2) is 29.8 Å². The zero-order valence-electron chi connectivity index (χ0n) is 12.6. The second-order valence-corrected chi connectivity index (χ2v) is 6.45. The maximum absolute atomic E-state index is 12.3. The lowest BCUT2D eigenvalue weighted by Gasteiger charge is -2.34. The van der Waals surface area contributed by atoms with Crippen LogP contribution in [0.1, 0.15) is 15.4 Å². The summed E-state index contributed by atoms with van der Waals surface area (Å²) in [6.07, 6.45) is 1.40. The van der Waals surface area contributed by atoms with E-state index in [0.717, 1.165) is 19.6 Å². The summed E-state index contributed by atoms with van der Waals surface area (Å²) in [4.78, 5) is 28.8. The fourth-order valence-electron chi connectivity index (χ4n) is 2.65. The van der Waals surface area contributed by atoms with Crippen molar-refractivity contribution < 1.29 is 14.7 Å². The first kappa shape index (κ1) is 15.7. The van der Waals surface area contributed by atoms with Gasteiger partial charge in [-0.3, -0.25) is 9.69 Å². The van der Waals surface area contributed by atoms with Gasteiger partial charge in [-0.25, -0.2) is 9.48 Å². The van der Waals surface area contributed by atoms with Crippen LogP contribution in [0.4, 0.5) is 0 Å². The molecule has 2 aromatic heterocycles. The summed E-state index contributed by atoms with van der Waals surface area (Å²) < 4.78 is 1.24. The second kappa shape index (κ2) is 6.93. The summed E-state index contributed by atoms with van der Waals surface area (Å²) in [5.41, 5.74) is 0.0367. The maximum atomic E-state index is 12.3. The van der Waals surface area contributed by atoms with Gasteiger partial charge in [0.25, 0.3) is 0 Å². The first-order chi connectivity index (χ1) is 11.1. The van der Waals surface area contributed by atoms with Gasteiger partial charge in [-0.2, -0.15) is 5.10 Å². The van der Waals surface area contributed by atoms with Crippen LogP contribution in [0.5, 0.6) is 0 Å². The predicted molar refractivity (Wildman–Crippen MR) is 85.4 cm³/mol. The number of carboxylic acids is 1. The van der Waals surface area contributed by atoms with E-state index in [9.17, 15) is 9.59 Å². The fraction of sp³-hybridized carbons (Fsp3) is 0.400. The highest BCUT2D eigenvalue weighted by Crippen LogP contribution is 2.13. The van der Waals surface area contributed by atoms with Gasteiger partial charge in [-0.15, -0.1) is 11.3 Å². The highest BCUT2D eigenvalue weighted by molar-refractivity contribution is 7.09. The lowest BCUT2D eigenvalue weighted by molar-refractivity contribution is -0.133. The topological polar surface area (TPSA) is 78.7 Å². The lowest BCUT2D eigenvalue weighted by Crippen LogP contribution is -2.49. The minimum Gasteiger partial charge on any atom is -0.477 e. The van der Waals surface area contributed by atoms with Crippen molar-refractivity contribution in [3.63, 3.8) is 0 Å². The summed E-state index contributed by atoms with van der Waals surface area (Å²) in [6, 6.07) is 5.56. The van der Waals surface area contributed by atoms with Gasteiger partial charge in [0.15, 0.2) is 0 Å². The van der Waals surface area contributed by atoms with E-state index in [2.05, 4.69) is 21.4 Å². The number of piperazine rings is 1. The Morgan fingerprint density at radius 3 is 2.65 bits per heavy atom. The Balaban J connectivity index is 1.52. The molecule has 1 saturated heterocycles. The molecule has 0 radical (unpaired) electrons. The number of rotatable bonds is 5. The van der Waals surface area contributed by atoms with Crippen molar-refractivity contribution in [2.24, 2.45) is 0 Å². The summed E-state index contributed by atoms with van der Waals surface area (Å²) >= 11 is 1.74. The van der Waals surface area contributed by atoms with Crippen molar-refractivity contribution in [3.8, 4) is 0 Å². The van der Waals surface area contributed by atoms with Crippen LogP contribution in [0.2, 0.25) is 0 Å². The van der Waals surface area contributed by atoms with Crippen LogP contribution in [0.3, 0.4) is 0 Å². The number of amides is 1. The van der Waals surface area contributed by atoms with Gasteiger partial charge < -0.3 is 10.0 Å². The normalized spacial score (nSPS) is 15.7. The fourth-order valence-corrected chi connectivity index (χ4v) is 3.39. The number of carbonyl (C=O) groups excluding carboxylic acids is 1. The number of nitrogens with zero attached hydrogens (tertiary/aromatic N) is 4. The van der Waals surface area contributed by atoms with E-state index in [0.29, 0.717) is 13.1 Å². The van der Waals surface area contributed by atoms with Crippen LogP contribution in [-0.4, -0.2) is 62.7 Å². The number of thiophene rings is 1. The molecular formula is C15H18N4O3S. The van der Waals surface area contributed by atoms with E-state index in [-0.39, 0.29) is 18.1 Å². The first-order valence-electron chi connectivity index (χ1n) is 7.41. The van der Waals surface area contributed by atoms with Crippen LogP contribution in [0, 0.1) is 0 Å². The third kappa shape index (κ3) is 3.77. The Kier molecular flexibility index (Phi) is 4.73. The molecule has 1 N–H and O–H groups in total. The number of hydrogen-bond acceptors (Lipinski definition) is 5. The van der Waals surface area contributed by atoms with E-state index in [1.54, 1.807) is 16.2 Å². The number of aromatic nitrogens is 2. The number of hydrogen-bond donors (Lipinski definition) is 1. The molecule has 0 spiro atoms. The second-order valence-electron chi connectivity index (χ2n) is 5.42. The molecule has 3 heterocycles. The van der Waals surface area contributed by atoms with Crippen molar-refractivity contribution in [3.05, 3.63) is 40.3 Å². The van der Waals surface area contributed by atoms with Crippen molar-refractivity contribution in [2.75, 3.05) is 26.2 Å². The largest absolute Gasteiger partial charge is 0.477 e. The number of carboxylic acid groups (broad SMARTS) is 1. The minimum atomic E-state index is -1.07. The summed E-state index contributed by atoms with van der Waals surface area (Å²) in [7, 11) is 0. The smallest absolute Gasteiger partial charge is 0.354 e. The van der Waals surface area contributed by atoms with Crippen molar-refractivity contribution >= 4 is 23.2 Å². The maximum Gasteiger partial charge on any atom is 0.354 e. The van der Waals surface area contributed by atoms with Gasteiger partial charge in [0, 0.05) is 43.8 Å². The molecule has 0 bridgehead atoms. The third-order valence-corrected chi connectivity index (χ3v) is 4.77. The van der Waals surface area contributed by atoms with Crippen LogP contribution in [0.25, 0.3) is 0 Å². The molecule has 0 aromatic carbocycles. The highest BCUT2D eigenvalue weighted by Gasteiger charge is 2.23. The monoisotopic (exact) mass is 334 g/mol. The zero-order valence-corrected chi connectivity index (χ0v) is 13.4. The molecule has 122 valence electrons. The Hall–Kier alpha value is -2.19. The third-order valence-electron chi connectivity index (χ3n) is 3.91. The van der Waals surface area contributed by atoms with Crippen LogP contribution < -0.4 is 0 Å². The molecule has 2 aromatic rings. The Bertz CT molecular complexity index is 675. The molecule has 1 aliphatic heterocycles. The standard InChI is InChI=1S/C15H18N4O3S/c20-14(11-19-13(15(21)22)3-4-16-19)18-7-5-17(6-8-18)10-12-2-1-9-23-12/h1-4,9H,5-8,10-11H2,(H,21,22). The molecule has 0 unspecified atom stereocenters. The van der Waals surface area contributed by atoms with Crippen molar-refractivity contribution in [1.29, 1.82) is 0 Å². The van der Waals surface area contributed by atoms with E-state index >= 15 is 0 Å². The number of carbonyl (C=O) groups is 2. The van der Waals surface area contributed by atoms with Crippen molar-refractivity contribution in [1.82, 2.24) is 19.6 Å². The Morgan fingerprint density at radius 2 is 2.00 bits per heavy atom. The van der Waals surface area contributed by atoms with E-state index in [4.69, 9.17) is 5.11 Å². The van der Waals surface area contributed by atoms with Crippen LogP contribution in [-0.2, 0) is 17.9 Å². The van der Waals surface area contributed by atoms with Gasteiger partial charge in [-0.1, -0.05) is 6.07 Å². The van der Waals surface area contributed by atoms with Gasteiger partial charge in [0.2, 0.25) is 5.91 Å². The zero-order chi connectivity index (χ0) is 16.2. The van der Waals surface area contributed by atoms with E-state index < -0.39 is 5.97 Å². The summed E-state index contributed by atoms with van der Waals surface area (Å²) in [5.74, 6) is -1.16.